The van der Waals surface area contributed by atoms with Gasteiger partial charge < -0.3 is 4.90 Å². The summed E-state index contributed by atoms with van der Waals surface area (Å²) in [5, 5.41) is 0.704. The second-order valence-corrected chi connectivity index (χ2v) is 4.29. The second-order valence-electron chi connectivity index (χ2n) is 3.86. The van der Waals surface area contributed by atoms with Crippen LogP contribution in [0.25, 0.3) is 6.08 Å². The zero-order chi connectivity index (χ0) is 12.8. The molecule has 0 fully saturated rings. The number of amides is 1. The minimum atomic E-state index is 0.0879. The Balaban J connectivity index is 2.85. The fraction of sp³-hybridized carbons (Fsp3) is 0.357. The molecule has 1 aromatic carbocycles. The zero-order valence-corrected chi connectivity index (χ0v) is 11.3. The Morgan fingerprint density at radius 3 is 2.24 bits per heavy atom. The molecule has 0 bridgehead atoms. The molecule has 0 atom stereocenters. The first-order valence-electron chi connectivity index (χ1n) is 5.81. The minimum absolute atomic E-state index is 0.0879. The van der Waals surface area contributed by atoms with Gasteiger partial charge in [-0.1, -0.05) is 23.7 Å². The highest BCUT2D eigenvalue weighted by molar-refractivity contribution is 6.30. The first-order valence-corrected chi connectivity index (χ1v) is 6.19. The summed E-state index contributed by atoms with van der Waals surface area (Å²) in [6.07, 6.45) is 1.89. The molecule has 92 valence electrons. The van der Waals surface area contributed by atoms with Crippen LogP contribution in [0.1, 0.15) is 26.3 Å². The molecule has 0 aromatic heterocycles. The molecule has 0 aliphatic rings. The first-order chi connectivity index (χ1) is 8.08. The topological polar surface area (TPSA) is 20.3 Å². The van der Waals surface area contributed by atoms with Gasteiger partial charge >= 0.3 is 0 Å². The zero-order valence-electron chi connectivity index (χ0n) is 10.5. The molecule has 0 radical (unpaired) electrons. The lowest BCUT2D eigenvalue weighted by Gasteiger charge is -2.18. The van der Waals surface area contributed by atoms with Crippen LogP contribution in [0.3, 0.4) is 0 Å². The Morgan fingerprint density at radius 1 is 1.24 bits per heavy atom. The molecule has 0 spiro atoms. The molecule has 0 heterocycles. The summed E-state index contributed by atoms with van der Waals surface area (Å²) < 4.78 is 0. The number of hydrogen-bond donors (Lipinski definition) is 0. The number of carbonyl (C=O) groups is 1. The van der Waals surface area contributed by atoms with E-state index in [0.717, 1.165) is 24.2 Å². The quantitative estimate of drug-likeness (QED) is 0.749. The molecular weight excluding hydrogens is 234 g/mol. The van der Waals surface area contributed by atoms with Crippen LogP contribution in [0.4, 0.5) is 0 Å². The molecular formula is C14H18ClNO. The van der Waals surface area contributed by atoms with Crippen molar-refractivity contribution in [1.29, 1.82) is 0 Å². The van der Waals surface area contributed by atoms with Crippen LogP contribution >= 0.6 is 11.6 Å². The van der Waals surface area contributed by atoms with Gasteiger partial charge in [0.25, 0.3) is 0 Å². The van der Waals surface area contributed by atoms with E-state index in [1.165, 1.54) is 0 Å². The molecule has 0 aliphatic heterocycles. The number of carbonyl (C=O) groups excluding carboxylic acids is 1. The number of benzene rings is 1. The van der Waals surface area contributed by atoms with Crippen molar-refractivity contribution >= 4 is 23.6 Å². The molecule has 1 rings (SSSR count). The number of rotatable bonds is 4. The maximum absolute atomic E-state index is 12.0. The van der Waals surface area contributed by atoms with Crippen molar-refractivity contribution in [3.63, 3.8) is 0 Å². The maximum atomic E-state index is 12.0. The van der Waals surface area contributed by atoms with E-state index in [4.69, 9.17) is 11.6 Å². The normalized spacial score (nSPS) is 11.4. The van der Waals surface area contributed by atoms with Gasteiger partial charge in [0.05, 0.1) is 0 Å². The predicted octanol–water partition coefficient (Wildman–Crippen LogP) is 3.61. The Bertz CT molecular complexity index is 405. The van der Waals surface area contributed by atoms with E-state index in [9.17, 15) is 4.79 Å². The largest absolute Gasteiger partial charge is 0.339 e. The van der Waals surface area contributed by atoms with E-state index in [1.807, 2.05) is 56.0 Å². The smallest absolute Gasteiger partial charge is 0.249 e. The van der Waals surface area contributed by atoms with Crippen LogP contribution in [0.15, 0.2) is 29.8 Å². The number of nitrogens with zero attached hydrogens (tertiary/aromatic N) is 1. The number of hydrogen-bond acceptors (Lipinski definition) is 1. The number of likely N-dealkylation sites (N-methyl/N-ethyl adjacent to an activating group) is 1. The van der Waals surface area contributed by atoms with Crippen molar-refractivity contribution in [2.45, 2.75) is 20.8 Å². The lowest BCUT2D eigenvalue weighted by atomic mass is 10.1. The Morgan fingerprint density at radius 2 is 1.76 bits per heavy atom. The molecule has 17 heavy (non-hydrogen) atoms. The molecule has 3 heteroatoms. The van der Waals surface area contributed by atoms with Crippen molar-refractivity contribution in [3.8, 4) is 0 Å². The molecule has 0 saturated heterocycles. The lowest BCUT2D eigenvalue weighted by molar-refractivity contribution is -0.126. The van der Waals surface area contributed by atoms with Gasteiger partial charge in [-0.15, -0.1) is 0 Å². The summed E-state index contributed by atoms with van der Waals surface area (Å²) in [4.78, 5) is 13.8. The summed E-state index contributed by atoms with van der Waals surface area (Å²) in [5.74, 6) is 0.0879. The van der Waals surface area contributed by atoms with E-state index in [0.29, 0.717) is 5.02 Å². The van der Waals surface area contributed by atoms with Gasteiger partial charge in [0.1, 0.15) is 0 Å². The van der Waals surface area contributed by atoms with E-state index < -0.39 is 0 Å². The Hall–Kier alpha value is -1.28. The number of halogens is 1. The minimum Gasteiger partial charge on any atom is -0.339 e. The molecule has 1 amide bonds. The van der Waals surface area contributed by atoms with Crippen LogP contribution in [0, 0.1) is 0 Å². The second kappa shape index (κ2) is 6.45. The molecule has 0 aliphatic carbocycles. The summed E-state index contributed by atoms with van der Waals surface area (Å²) in [5.41, 5.74) is 1.74. The fourth-order valence-corrected chi connectivity index (χ4v) is 1.76. The van der Waals surface area contributed by atoms with Crippen LogP contribution in [0.5, 0.6) is 0 Å². The fourth-order valence-electron chi connectivity index (χ4n) is 1.63. The highest BCUT2D eigenvalue weighted by Crippen LogP contribution is 2.13. The van der Waals surface area contributed by atoms with E-state index >= 15 is 0 Å². The van der Waals surface area contributed by atoms with Crippen LogP contribution in [-0.4, -0.2) is 23.9 Å². The summed E-state index contributed by atoms with van der Waals surface area (Å²) in [6.45, 7) is 7.28. The lowest BCUT2D eigenvalue weighted by Crippen LogP contribution is -2.30. The van der Waals surface area contributed by atoms with Crippen LogP contribution in [-0.2, 0) is 4.79 Å². The monoisotopic (exact) mass is 251 g/mol. The van der Waals surface area contributed by atoms with Gasteiger partial charge in [-0.2, -0.15) is 0 Å². The standard InChI is InChI=1S/C14H18ClNO/c1-4-16(5-2)14(17)11(3)10-12-6-8-13(15)9-7-12/h6-10H,4-5H2,1-3H3/b11-10+. The highest BCUT2D eigenvalue weighted by Gasteiger charge is 2.10. The van der Waals surface area contributed by atoms with Gasteiger partial charge in [0.15, 0.2) is 0 Å². The third kappa shape index (κ3) is 3.90. The van der Waals surface area contributed by atoms with E-state index in [2.05, 4.69) is 0 Å². The Labute approximate surface area is 108 Å². The van der Waals surface area contributed by atoms with E-state index in [1.54, 1.807) is 0 Å². The van der Waals surface area contributed by atoms with Crippen molar-refractivity contribution in [2.24, 2.45) is 0 Å². The van der Waals surface area contributed by atoms with Gasteiger partial charge in [0.2, 0.25) is 5.91 Å². The van der Waals surface area contributed by atoms with Crippen molar-refractivity contribution in [3.05, 3.63) is 40.4 Å². The van der Waals surface area contributed by atoms with E-state index in [-0.39, 0.29) is 5.91 Å². The van der Waals surface area contributed by atoms with Crippen molar-refractivity contribution in [1.82, 2.24) is 4.90 Å². The third-order valence-electron chi connectivity index (χ3n) is 2.64. The van der Waals surface area contributed by atoms with Gasteiger partial charge in [-0.25, -0.2) is 0 Å². The summed E-state index contributed by atoms with van der Waals surface area (Å²) >= 11 is 5.81. The van der Waals surface area contributed by atoms with Crippen LogP contribution < -0.4 is 0 Å². The average molecular weight is 252 g/mol. The average Bonchev–Trinajstić information content (AvgIpc) is 2.33. The maximum Gasteiger partial charge on any atom is 0.249 e. The summed E-state index contributed by atoms with van der Waals surface area (Å²) in [7, 11) is 0. The van der Waals surface area contributed by atoms with Gasteiger partial charge in [0, 0.05) is 23.7 Å². The SMILES string of the molecule is CCN(CC)C(=O)/C(C)=C/c1ccc(Cl)cc1. The molecule has 2 nitrogen and oxygen atoms in total. The molecule has 0 N–H and O–H groups in total. The van der Waals surface area contributed by atoms with Gasteiger partial charge in [-0.3, -0.25) is 4.79 Å². The molecule has 1 aromatic rings. The van der Waals surface area contributed by atoms with Crippen LogP contribution in [0.2, 0.25) is 5.02 Å². The molecule has 0 saturated carbocycles. The highest BCUT2D eigenvalue weighted by atomic mass is 35.5. The first kappa shape index (κ1) is 13.8. The third-order valence-corrected chi connectivity index (χ3v) is 2.89. The predicted molar refractivity (Wildman–Crippen MR) is 73.0 cm³/mol. The van der Waals surface area contributed by atoms with Crippen molar-refractivity contribution < 1.29 is 4.79 Å². The molecule has 0 unspecified atom stereocenters. The van der Waals surface area contributed by atoms with Gasteiger partial charge in [-0.05, 0) is 44.5 Å². The Kier molecular flexibility index (Phi) is 5.23. The summed E-state index contributed by atoms with van der Waals surface area (Å²) in [6, 6.07) is 7.45. The van der Waals surface area contributed by atoms with Crippen molar-refractivity contribution in [2.75, 3.05) is 13.1 Å².